The van der Waals surface area contributed by atoms with Crippen molar-refractivity contribution in [2.75, 3.05) is 5.75 Å². The van der Waals surface area contributed by atoms with Crippen LogP contribution in [0, 0.1) is 0 Å². The van der Waals surface area contributed by atoms with Crippen molar-refractivity contribution < 1.29 is 9.84 Å². The fourth-order valence-corrected chi connectivity index (χ4v) is 5.21. The van der Waals surface area contributed by atoms with E-state index in [0.29, 0.717) is 10.8 Å². The predicted molar refractivity (Wildman–Crippen MR) is 121 cm³/mol. The summed E-state index contributed by atoms with van der Waals surface area (Å²) in [7, 11) is 0. The van der Waals surface area contributed by atoms with Gasteiger partial charge in [0, 0.05) is 46.7 Å². The number of phenols is 1. The largest absolute Gasteiger partial charge is 0.508 e. The molecule has 2 atom stereocenters. The monoisotopic (exact) mass is 428 g/mol. The maximum atomic E-state index is 10.1. The highest BCUT2D eigenvalue weighted by atomic mass is 35.5. The number of ether oxygens (including phenoxy) is 1. The molecule has 29 heavy (non-hydrogen) atoms. The molecule has 0 unspecified atom stereocenters. The molecule has 4 rings (SSSR count). The van der Waals surface area contributed by atoms with Gasteiger partial charge in [-0.15, -0.1) is 6.58 Å². The third kappa shape index (κ3) is 4.26. The van der Waals surface area contributed by atoms with Crippen molar-refractivity contribution in [2.45, 2.75) is 43.9 Å². The molecule has 2 aliphatic rings. The fraction of sp³-hybridized carbons (Fsp3) is 0.348. The normalized spacial score (nSPS) is 24.8. The predicted octanol–water partition coefficient (Wildman–Crippen LogP) is 5.70. The van der Waals surface area contributed by atoms with Gasteiger partial charge in [-0.25, -0.2) is 4.99 Å². The SMILES string of the molecule is C=CCSC1=N[C@]2(C[C@@H](c3ccc(Cl)cc3)c3ccc(O)cc3O2)CC(C)(C)N1. The molecule has 1 spiro atoms. The van der Waals surface area contributed by atoms with Gasteiger partial charge in [0.15, 0.2) is 5.17 Å². The van der Waals surface area contributed by atoms with Crippen LogP contribution >= 0.6 is 23.4 Å². The van der Waals surface area contributed by atoms with Crippen molar-refractivity contribution in [3.8, 4) is 11.5 Å². The molecule has 0 aromatic heterocycles. The van der Waals surface area contributed by atoms with E-state index in [9.17, 15) is 5.11 Å². The van der Waals surface area contributed by atoms with E-state index in [-0.39, 0.29) is 17.2 Å². The molecule has 0 aliphatic carbocycles. The Bertz CT molecular complexity index is 958. The van der Waals surface area contributed by atoms with Crippen LogP contribution in [0.5, 0.6) is 11.5 Å². The Morgan fingerprint density at radius 3 is 2.79 bits per heavy atom. The molecule has 2 aromatic rings. The zero-order chi connectivity index (χ0) is 20.6. The van der Waals surface area contributed by atoms with Crippen molar-refractivity contribution >= 4 is 28.5 Å². The van der Waals surface area contributed by atoms with Crippen LogP contribution in [0.4, 0.5) is 0 Å². The van der Waals surface area contributed by atoms with E-state index in [1.54, 1.807) is 23.9 Å². The molecule has 4 nitrogen and oxygen atoms in total. The number of phenolic OH excluding ortho intramolecular Hbond substituents is 1. The fourth-order valence-electron chi connectivity index (χ4n) is 4.23. The Morgan fingerprint density at radius 1 is 1.31 bits per heavy atom. The highest BCUT2D eigenvalue weighted by Gasteiger charge is 2.48. The highest BCUT2D eigenvalue weighted by molar-refractivity contribution is 8.13. The number of rotatable bonds is 3. The summed E-state index contributed by atoms with van der Waals surface area (Å²) in [5, 5.41) is 15.2. The summed E-state index contributed by atoms with van der Waals surface area (Å²) in [6, 6.07) is 13.3. The van der Waals surface area contributed by atoms with Crippen LogP contribution in [0.2, 0.25) is 5.02 Å². The lowest BCUT2D eigenvalue weighted by molar-refractivity contribution is 0.0134. The van der Waals surface area contributed by atoms with Crippen LogP contribution in [0.15, 0.2) is 60.1 Å². The van der Waals surface area contributed by atoms with Gasteiger partial charge in [-0.3, -0.25) is 0 Å². The number of hydrogen-bond donors (Lipinski definition) is 2. The quantitative estimate of drug-likeness (QED) is 0.615. The number of fused-ring (bicyclic) bond motifs is 1. The van der Waals surface area contributed by atoms with Crippen molar-refractivity contribution in [3.05, 3.63) is 71.3 Å². The van der Waals surface area contributed by atoms with Crippen LogP contribution in [0.3, 0.4) is 0 Å². The Hall–Kier alpha value is -2.11. The zero-order valence-corrected chi connectivity index (χ0v) is 18.2. The molecule has 0 saturated heterocycles. The second-order valence-electron chi connectivity index (χ2n) is 8.28. The van der Waals surface area contributed by atoms with Crippen molar-refractivity contribution in [1.82, 2.24) is 5.32 Å². The van der Waals surface area contributed by atoms with E-state index in [2.05, 4.69) is 37.9 Å². The van der Waals surface area contributed by atoms with Crippen LogP contribution in [-0.2, 0) is 0 Å². The molecule has 0 fully saturated rings. The van der Waals surface area contributed by atoms with Crippen LogP contribution in [0.25, 0.3) is 0 Å². The molecule has 2 aliphatic heterocycles. The molecule has 0 amide bonds. The standard InChI is InChI=1S/C23H25ClN2O2S/c1-4-11-29-21-25-22(2,3)14-23(26-21)13-19(15-5-7-16(24)8-6-15)18-10-9-17(27)12-20(18)28-23/h4-10,12,19,27H,1,11,13-14H2,2-3H3,(H,25,26)/t19-,23-/m0/s1. The Kier molecular flexibility index (Phi) is 5.30. The van der Waals surface area contributed by atoms with E-state index < -0.39 is 5.72 Å². The minimum absolute atomic E-state index is 0.0971. The molecular formula is C23H25ClN2O2S. The second kappa shape index (κ2) is 7.62. The average molecular weight is 429 g/mol. The molecule has 0 radical (unpaired) electrons. The van der Waals surface area contributed by atoms with Crippen LogP contribution in [0.1, 0.15) is 43.7 Å². The lowest BCUT2D eigenvalue weighted by atomic mass is 9.78. The first-order valence-corrected chi connectivity index (χ1v) is 11.0. The van der Waals surface area contributed by atoms with Crippen LogP contribution < -0.4 is 10.1 Å². The van der Waals surface area contributed by atoms with Gasteiger partial charge in [0.1, 0.15) is 11.5 Å². The van der Waals surface area contributed by atoms with Crippen molar-refractivity contribution in [1.29, 1.82) is 0 Å². The number of benzene rings is 2. The van der Waals surface area contributed by atoms with Crippen molar-refractivity contribution in [3.63, 3.8) is 0 Å². The van der Waals surface area contributed by atoms with Gasteiger partial charge in [-0.2, -0.15) is 0 Å². The zero-order valence-electron chi connectivity index (χ0n) is 16.6. The molecule has 2 N–H and O–H groups in total. The van der Waals surface area contributed by atoms with E-state index in [1.165, 1.54) is 0 Å². The van der Waals surface area contributed by atoms with E-state index >= 15 is 0 Å². The first kappa shape index (κ1) is 20.2. The molecule has 6 heteroatoms. The van der Waals surface area contributed by atoms with E-state index in [1.807, 2.05) is 24.3 Å². The topological polar surface area (TPSA) is 53.9 Å². The first-order chi connectivity index (χ1) is 13.8. The summed E-state index contributed by atoms with van der Waals surface area (Å²) in [4.78, 5) is 5.02. The molecule has 0 saturated carbocycles. The molecule has 2 aromatic carbocycles. The number of nitrogens with zero attached hydrogens (tertiary/aromatic N) is 1. The molecule has 2 heterocycles. The summed E-state index contributed by atoms with van der Waals surface area (Å²) in [5.41, 5.74) is 1.34. The van der Waals surface area contributed by atoms with Gasteiger partial charge < -0.3 is 15.2 Å². The van der Waals surface area contributed by atoms with Gasteiger partial charge in [-0.1, -0.05) is 47.6 Å². The third-order valence-electron chi connectivity index (χ3n) is 5.27. The number of aromatic hydroxyl groups is 1. The van der Waals surface area contributed by atoms with E-state index in [0.717, 1.165) is 34.9 Å². The Labute approximate surface area is 181 Å². The lowest BCUT2D eigenvalue weighted by Gasteiger charge is -2.47. The second-order valence-corrected chi connectivity index (χ2v) is 9.73. The lowest BCUT2D eigenvalue weighted by Crippen LogP contribution is -2.57. The molecule has 152 valence electrons. The van der Waals surface area contributed by atoms with Crippen molar-refractivity contribution in [2.24, 2.45) is 4.99 Å². The summed E-state index contributed by atoms with van der Waals surface area (Å²) < 4.78 is 6.51. The van der Waals surface area contributed by atoms with Crippen LogP contribution in [-0.4, -0.2) is 27.3 Å². The minimum atomic E-state index is -0.705. The number of amidine groups is 1. The maximum Gasteiger partial charge on any atom is 0.206 e. The number of hydrogen-bond acceptors (Lipinski definition) is 5. The number of aliphatic imine (C=N–C) groups is 1. The Morgan fingerprint density at radius 2 is 2.07 bits per heavy atom. The smallest absolute Gasteiger partial charge is 0.206 e. The van der Waals surface area contributed by atoms with Gasteiger partial charge in [0.05, 0.1) is 0 Å². The van der Waals surface area contributed by atoms with E-state index in [4.69, 9.17) is 21.3 Å². The average Bonchev–Trinajstić information content (AvgIpc) is 2.64. The third-order valence-corrected chi connectivity index (χ3v) is 6.40. The van der Waals surface area contributed by atoms with Gasteiger partial charge in [0.25, 0.3) is 0 Å². The van der Waals surface area contributed by atoms with Gasteiger partial charge in [0.2, 0.25) is 5.72 Å². The molecule has 0 bridgehead atoms. The number of thioether (sulfide) groups is 1. The highest BCUT2D eigenvalue weighted by Crippen LogP contribution is 2.49. The summed E-state index contributed by atoms with van der Waals surface area (Å²) in [6.07, 6.45) is 3.31. The number of halogens is 1. The maximum absolute atomic E-state index is 10.1. The minimum Gasteiger partial charge on any atom is -0.508 e. The molecular weight excluding hydrogens is 404 g/mol. The van der Waals surface area contributed by atoms with Gasteiger partial charge >= 0.3 is 0 Å². The summed E-state index contributed by atoms with van der Waals surface area (Å²) in [6.45, 7) is 8.14. The Balaban J connectivity index is 1.81. The number of nitrogens with one attached hydrogen (secondary N) is 1. The first-order valence-electron chi connectivity index (χ1n) is 9.68. The summed E-state index contributed by atoms with van der Waals surface area (Å²) in [5.74, 6) is 1.75. The summed E-state index contributed by atoms with van der Waals surface area (Å²) >= 11 is 7.74. The van der Waals surface area contributed by atoms with Gasteiger partial charge in [-0.05, 0) is 37.6 Å².